The van der Waals surface area contributed by atoms with Crippen molar-refractivity contribution in [3.05, 3.63) is 45.9 Å². The summed E-state index contributed by atoms with van der Waals surface area (Å²) >= 11 is 1.31. The fraction of sp³-hybridized carbons (Fsp3) is 0.294. The molecule has 0 spiro atoms. The molecule has 0 aliphatic carbocycles. The average Bonchev–Trinajstić information content (AvgIpc) is 3.31. The van der Waals surface area contributed by atoms with E-state index in [9.17, 15) is 14.4 Å². The van der Waals surface area contributed by atoms with Crippen molar-refractivity contribution in [3.63, 3.8) is 0 Å². The molecule has 3 rings (SSSR count). The van der Waals surface area contributed by atoms with E-state index in [0.29, 0.717) is 16.1 Å². The molecule has 136 valence electrons. The van der Waals surface area contributed by atoms with E-state index in [-0.39, 0.29) is 12.0 Å². The van der Waals surface area contributed by atoms with Gasteiger partial charge in [0.25, 0.3) is 11.8 Å². The smallest absolute Gasteiger partial charge is 0.322 e. The van der Waals surface area contributed by atoms with Gasteiger partial charge in [-0.1, -0.05) is 0 Å². The number of hydrogen-bond acceptors (Lipinski definition) is 6. The van der Waals surface area contributed by atoms with E-state index >= 15 is 0 Å². The van der Waals surface area contributed by atoms with Crippen molar-refractivity contribution in [2.45, 2.75) is 18.9 Å². The lowest BCUT2D eigenvalue weighted by molar-refractivity contribution is -0.135. The third-order valence-electron chi connectivity index (χ3n) is 3.76. The summed E-state index contributed by atoms with van der Waals surface area (Å²) < 4.78 is 5.56. The molecule has 0 bridgehead atoms. The van der Waals surface area contributed by atoms with Gasteiger partial charge < -0.3 is 20.5 Å². The molecule has 1 saturated heterocycles. The summed E-state index contributed by atoms with van der Waals surface area (Å²) in [4.78, 5) is 39.3. The van der Waals surface area contributed by atoms with Gasteiger partial charge in [-0.05, 0) is 37.1 Å². The summed E-state index contributed by atoms with van der Waals surface area (Å²) in [6.45, 7) is 0.272. The number of nitrogens with one attached hydrogen (secondary N) is 2. The fourth-order valence-corrected chi connectivity index (χ4v) is 3.37. The molecule has 26 heavy (non-hydrogen) atoms. The van der Waals surface area contributed by atoms with E-state index in [0.717, 1.165) is 24.5 Å². The molecule has 1 aliphatic rings. The summed E-state index contributed by atoms with van der Waals surface area (Å²) in [6.07, 6.45) is 3.42. The second-order valence-corrected chi connectivity index (χ2v) is 6.73. The highest BCUT2D eigenvalue weighted by atomic mass is 32.1. The maximum atomic E-state index is 12.3. The van der Waals surface area contributed by atoms with Gasteiger partial charge in [0, 0.05) is 17.9 Å². The minimum atomic E-state index is -1.12. The van der Waals surface area contributed by atoms with E-state index in [1.54, 1.807) is 12.1 Å². The van der Waals surface area contributed by atoms with E-state index in [1.165, 1.54) is 29.7 Å². The Morgan fingerprint density at radius 3 is 2.65 bits per heavy atom. The van der Waals surface area contributed by atoms with Crippen LogP contribution in [0.5, 0.6) is 0 Å². The number of nitrogens with zero attached hydrogens (tertiary/aromatic N) is 1. The van der Waals surface area contributed by atoms with Crippen LogP contribution >= 0.6 is 11.3 Å². The van der Waals surface area contributed by atoms with E-state index in [4.69, 9.17) is 9.84 Å². The lowest BCUT2D eigenvalue weighted by Gasteiger charge is -2.06. The zero-order valence-electron chi connectivity index (χ0n) is 13.7. The van der Waals surface area contributed by atoms with Crippen LogP contribution in [-0.4, -0.2) is 41.0 Å². The van der Waals surface area contributed by atoms with E-state index < -0.39 is 18.4 Å². The van der Waals surface area contributed by atoms with Crippen LogP contribution in [0.3, 0.4) is 0 Å². The van der Waals surface area contributed by atoms with Crippen LogP contribution in [0.15, 0.2) is 30.5 Å². The number of aliphatic carboxylic acids is 1. The first-order valence-electron chi connectivity index (χ1n) is 8.01. The van der Waals surface area contributed by atoms with Gasteiger partial charge in [-0.3, -0.25) is 14.4 Å². The molecule has 1 aliphatic heterocycles. The number of anilines is 1. The number of rotatable bonds is 6. The highest BCUT2D eigenvalue weighted by molar-refractivity contribution is 7.13. The van der Waals surface area contributed by atoms with Crippen LogP contribution in [0, 0.1) is 0 Å². The monoisotopic (exact) mass is 375 g/mol. The van der Waals surface area contributed by atoms with Gasteiger partial charge in [0.1, 0.15) is 22.5 Å². The standard InChI is InChI=1S/C17H17N3O5S/c21-14(22)9-18-15(23)10-3-5-11(6-4-10)20-16(24)13-8-19-17(26-13)12-2-1-7-25-12/h3-6,8,12H,1-2,7,9H2,(H,18,23)(H,20,24)(H,21,22). The summed E-state index contributed by atoms with van der Waals surface area (Å²) in [5, 5.41) is 14.4. The number of ether oxygens (including phenoxy) is 1. The first-order chi connectivity index (χ1) is 12.5. The molecule has 2 heterocycles. The van der Waals surface area contributed by atoms with Gasteiger partial charge in [-0.25, -0.2) is 4.98 Å². The molecular weight excluding hydrogens is 358 g/mol. The van der Waals surface area contributed by atoms with Crippen LogP contribution in [0.25, 0.3) is 0 Å². The number of carboxylic acids is 1. The average molecular weight is 375 g/mol. The van der Waals surface area contributed by atoms with Crippen molar-refractivity contribution in [2.24, 2.45) is 0 Å². The van der Waals surface area contributed by atoms with Crippen molar-refractivity contribution in [3.8, 4) is 0 Å². The normalized spacial score (nSPS) is 16.2. The molecule has 0 saturated carbocycles. The minimum Gasteiger partial charge on any atom is -0.480 e. The number of benzene rings is 1. The Kier molecular flexibility index (Phi) is 5.59. The minimum absolute atomic E-state index is 0.0230. The Balaban J connectivity index is 1.59. The second kappa shape index (κ2) is 8.07. The first kappa shape index (κ1) is 18.0. The molecule has 1 atom stereocenters. The number of hydrogen-bond donors (Lipinski definition) is 3. The summed E-state index contributed by atoms with van der Waals surface area (Å²) in [5.41, 5.74) is 0.833. The van der Waals surface area contributed by atoms with Crippen LogP contribution in [0.2, 0.25) is 0 Å². The lowest BCUT2D eigenvalue weighted by atomic mass is 10.2. The number of carboxylic acid groups (broad SMARTS) is 1. The molecular formula is C17H17N3O5S. The van der Waals surface area contributed by atoms with Gasteiger partial charge in [-0.15, -0.1) is 11.3 Å². The summed E-state index contributed by atoms with van der Waals surface area (Å²) in [5.74, 6) is -1.89. The van der Waals surface area contributed by atoms with Gasteiger partial charge in [0.2, 0.25) is 0 Å². The first-order valence-corrected chi connectivity index (χ1v) is 8.83. The largest absolute Gasteiger partial charge is 0.480 e. The molecule has 0 radical (unpaired) electrons. The maximum Gasteiger partial charge on any atom is 0.322 e. The molecule has 2 amide bonds. The van der Waals surface area contributed by atoms with E-state index in [2.05, 4.69) is 15.6 Å². The van der Waals surface area contributed by atoms with Crippen LogP contribution in [0.4, 0.5) is 5.69 Å². The van der Waals surface area contributed by atoms with Crippen molar-refractivity contribution in [2.75, 3.05) is 18.5 Å². The number of amides is 2. The number of aromatic nitrogens is 1. The molecule has 1 fully saturated rings. The quantitative estimate of drug-likeness (QED) is 0.711. The molecule has 1 unspecified atom stereocenters. The van der Waals surface area contributed by atoms with Crippen molar-refractivity contribution < 1.29 is 24.2 Å². The van der Waals surface area contributed by atoms with Crippen molar-refractivity contribution in [1.29, 1.82) is 0 Å². The third kappa shape index (κ3) is 4.44. The van der Waals surface area contributed by atoms with E-state index in [1.807, 2.05) is 0 Å². The number of thiazole rings is 1. The molecule has 1 aromatic carbocycles. The molecule has 9 heteroatoms. The van der Waals surface area contributed by atoms with Crippen molar-refractivity contribution in [1.82, 2.24) is 10.3 Å². The lowest BCUT2D eigenvalue weighted by Crippen LogP contribution is -2.29. The Hall–Kier alpha value is -2.78. The van der Waals surface area contributed by atoms with Gasteiger partial charge >= 0.3 is 5.97 Å². The second-order valence-electron chi connectivity index (χ2n) is 5.67. The molecule has 8 nitrogen and oxygen atoms in total. The van der Waals surface area contributed by atoms with Crippen LogP contribution < -0.4 is 10.6 Å². The van der Waals surface area contributed by atoms with Gasteiger partial charge in [0.15, 0.2) is 0 Å². The molecule has 1 aromatic heterocycles. The predicted molar refractivity (Wildman–Crippen MR) is 94.4 cm³/mol. The third-order valence-corrected chi connectivity index (χ3v) is 4.85. The molecule has 2 aromatic rings. The Morgan fingerprint density at radius 1 is 1.23 bits per heavy atom. The van der Waals surface area contributed by atoms with Gasteiger partial charge in [-0.2, -0.15) is 0 Å². The van der Waals surface area contributed by atoms with Crippen molar-refractivity contribution >= 4 is 34.8 Å². The highest BCUT2D eigenvalue weighted by Gasteiger charge is 2.22. The number of carbonyl (C=O) groups excluding carboxylic acids is 2. The number of carbonyl (C=O) groups is 3. The highest BCUT2D eigenvalue weighted by Crippen LogP contribution is 2.31. The fourth-order valence-electron chi connectivity index (χ4n) is 2.47. The Labute approximate surface area is 153 Å². The predicted octanol–water partition coefficient (Wildman–Crippen LogP) is 2.06. The van der Waals surface area contributed by atoms with Crippen LogP contribution in [-0.2, 0) is 9.53 Å². The topological polar surface area (TPSA) is 118 Å². The van der Waals surface area contributed by atoms with Gasteiger partial charge in [0.05, 0.1) is 6.20 Å². The zero-order chi connectivity index (χ0) is 18.5. The van der Waals surface area contributed by atoms with Crippen LogP contribution in [0.1, 0.15) is 44.0 Å². The summed E-state index contributed by atoms with van der Waals surface area (Å²) in [7, 11) is 0. The zero-order valence-corrected chi connectivity index (χ0v) is 14.5. The molecule has 3 N–H and O–H groups in total. The Morgan fingerprint density at radius 2 is 2.00 bits per heavy atom. The SMILES string of the molecule is O=C(O)CNC(=O)c1ccc(NC(=O)c2cnc(C3CCCO3)s2)cc1. The Bertz CT molecular complexity index is 812. The summed E-state index contributed by atoms with van der Waals surface area (Å²) in [6, 6.07) is 6.18. The maximum absolute atomic E-state index is 12.3.